The highest BCUT2D eigenvalue weighted by atomic mass is 16.7. The van der Waals surface area contributed by atoms with Crippen molar-refractivity contribution < 1.29 is 19.3 Å². The Bertz CT molecular complexity index is 437. The van der Waals surface area contributed by atoms with E-state index in [-0.39, 0.29) is 12.7 Å². The van der Waals surface area contributed by atoms with Gasteiger partial charge in [-0.1, -0.05) is 6.08 Å². The summed E-state index contributed by atoms with van der Waals surface area (Å²) in [6.07, 6.45) is -0.684. The molecule has 4 atom stereocenters. The van der Waals surface area contributed by atoms with Gasteiger partial charge in [0, 0.05) is 0 Å². The summed E-state index contributed by atoms with van der Waals surface area (Å²) in [5, 5.41) is 21.3. The molecule has 0 aliphatic carbocycles. The third kappa shape index (κ3) is 1.93. The maximum atomic E-state index is 10.1. The zero-order chi connectivity index (χ0) is 12.5. The highest BCUT2D eigenvalue weighted by Gasteiger charge is 2.47. The molecule has 0 aromatic carbocycles. The Morgan fingerprint density at radius 3 is 3.33 bits per heavy atom. The van der Waals surface area contributed by atoms with Crippen LogP contribution >= 0.6 is 0 Å². The SMILES string of the molecule is C=CCO[C@@H]1O[C@@H]2Cn3nnnc3CO[C@@H]2[C@H]1O. The summed E-state index contributed by atoms with van der Waals surface area (Å²) in [5.74, 6) is 0.628. The van der Waals surface area contributed by atoms with Crippen molar-refractivity contribution in [3.63, 3.8) is 0 Å². The van der Waals surface area contributed by atoms with Gasteiger partial charge >= 0.3 is 0 Å². The van der Waals surface area contributed by atoms with E-state index < -0.39 is 18.5 Å². The predicted octanol–water partition coefficient (Wildman–Crippen LogP) is -1.14. The third-order valence-electron chi connectivity index (χ3n) is 3.03. The van der Waals surface area contributed by atoms with Gasteiger partial charge in [0.1, 0.15) is 24.9 Å². The summed E-state index contributed by atoms with van der Waals surface area (Å²) in [5.41, 5.74) is 0. The molecule has 98 valence electrons. The second-order valence-corrected chi connectivity index (χ2v) is 4.21. The number of hydrogen-bond acceptors (Lipinski definition) is 7. The van der Waals surface area contributed by atoms with Gasteiger partial charge in [-0.2, -0.15) is 0 Å². The van der Waals surface area contributed by atoms with Crippen molar-refractivity contribution in [1.29, 1.82) is 0 Å². The molecule has 0 saturated carbocycles. The third-order valence-corrected chi connectivity index (χ3v) is 3.03. The van der Waals surface area contributed by atoms with Gasteiger partial charge in [-0.05, 0) is 10.4 Å². The fourth-order valence-corrected chi connectivity index (χ4v) is 2.17. The summed E-state index contributed by atoms with van der Waals surface area (Å²) >= 11 is 0. The van der Waals surface area contributed by atoms with Crippen LogP contribution < -0.4 is 0 Å². The van der Waals surface area contributed by atoms with E-state index in [1.807, 2.05) is 0 Å². The van der Waals surface area contributed by atoms with E-state index in [9.17, 15) is 5.11 Å². The Morgan fingerprint density at radius 1 is 1.61 bits per heavy atom. The molecule has 0 radical (unpaired) electrons. The Kier molecular flexibility index (Phi) is 3.08. The second kappa shape index (κ2) is 4.73. The highest BCUT2D eigenvalue weighted by Crippen LogP contribution is 2.28. The van der Waals surface area contributed by atoms with Crippen molar-refractivity contribution in [2.75, 3.05) is 6.61 Å². The minimum absolute atomic E-state index is 0.253. The average molecular weight is 254 g/mol. The zero-order valence-corrected chi connectivity index (χ0v) is 9.68. The van der Waals surface area contributed by atoms with Crippen molar-refractivity contribution >= 4 is 0 Å². The second-order valence-electron chi connectivity index (χ2n) is 4.21. The number of rotatable bonds is 3. The van der Waals surface area contributed by atoms with E-state index in [1.165, 1.54) is 0 Å². The number of nitrogens with zero attached hydrogens (tertiary/aromatic N) is 4. The molecule has 1 N–H and O–H groups in total. The number of hydrogen-bond donors (Lipinski definition) is 1. The van der Waals surface area contributed by atoms with E-state index >= 15 is 0 Å². The predicted molar refractivity (Wildman–Crippen MR) is 57.2 cm³/mol. The zero-order valence-electron chi connectivity index (χ0n) is 9.68. The normalized spacial score (nSPS) is 34.7. The monoisotopic (exact) mass is 254 g/mol. The molecule has 2 aliphatic heterocycles. The first-order valence-electron chi connectivity index (χ1n) is 5.72. The Morgan fingerprint density at radius 2 is 2.50 bits per heavy atom. The first-order valence-corrected chi connectivity index (χ1v) is 5.72. The van der Waals surface area contributed by atoms with Crippen LogP contribution in [0, 0.1) is 0 Å². The summed E-state index contributed by atoms with van der Waals surface area (Å²) in [6, 6.07) is 0. The molecule has 8 nitrogen and oxygen atoms in total. The van der Waals surface area contributed by atoms with Crippen LogP contribution in [0.4, 0.5) is 0 Å². The van der Waals surface area contributed by atoms with E-state index in [4.69, 9.17) is 14.2 Å². The van der Waals surface area contributed by atoms with Crippen LogP contribution in [0.5, 0.6) is 0 Å². The van der Waals surface area contributed by atoms with Gasteiger partial charge in [0.2, 0.25) is 0 Å². The average Bonchev–Trinajstić information content (AvgIpc) is 2.87. The fraction of sp³-hybridized carbons (Fsp3) is 0.700. The van der Waals surface area contributed by atoms with Gasteiger partial charge in [0.05, 0.1) is 13.2 Å². The molecule has 3 rings (SSSR count). The molecule has 1 fully saturated rings. The van der Waals surface area contributed by atoms with Crippen LogP contribution in [0.25, 0.3) is 0 Å². The first-order chi connectivity index (χ1) is 8.79. The summed E-state index contributed by atoms with van der Waals surface area (Å²) in [4.78, 5) is 0. The van der Waals surface area contributed by atoms with Crippen molar-refractivity contribution in [2.24, 2.45) is 0 Å². The van der Waals surface area contributed by atoms with Gasteiger partial charge < -0.3 is 19.3 Å². The molecule has 1 saturated heterocycles. The Balaban J connectivity index is 1.73. The minimum Gasteiger partial charge on any atom is -0.385 e. The van der Waals surface area contributed by atoms with Gasteiger partial charge in [-0.15, -0.1) is 11.7 Å². The molecule has 1 aromatic heterocycles. The van der Waals surface area contributed by atoms with Gasteiger partial charge in [-0.3, -0.25) is 0 Å². The van der Waals surface area contributed by atoms with Crippen molar-refractivity contribution in [2.45, 2.75) is 37.8 Å². The van der Waals surface area contributed by atoms with E-state index in [1.54, 1.807) is 10.8 Å². The lowest BCUT2D eigenvalue weighted by molar-refractivity contribution is -0.161. The van der Waals surface area contributed by atoms with Crippen LogP contribution in [-0.4, -0.2) is 56.5 Å². The molecule has 1 aromatic rings. The van der Waals surface area contributed by atoms with Crippen LogP contribution in [0.15, 0.2) is 12.7 Å². The standard InChI is InChI=1S/C10H14N4O4/c1-2-3-16-10-8(15)9-6(18-10)4-14-7(5-17-9)11-12-13-14/h2,6,8-10,15H,1,3-5H2/t6-,8-,9+,10-/m1/s1. The largest absolute Gasteiger partial charge is 0.385 e. The molecule has 0 unspecified atom stereocenters. The molecule has 8 heteroatoms. The lowest BCUT2D eigenvalue weighted by atomic mass is 10.1. The maximum absolute atomic E-state index is 10.1. The quantitative estimate of drug-likeness (QED) is 0.682. The van der Waals surface area contributed by atoms with E-state index in [2.05, 4.69) is 22.1 Å². The molecule has 0 spiro atoms. The summed E-state index contributed by atoms with van der Waals surface area (Å²) in [6.45, 7) is 4.56. The number of aliphatic hydroxyl groups is 1. The fourth-order valence-electron chi connectivity index (χ4n) is 2.17. The number of aliphatic hydroxyl groups excluding tert-OH is 1. The summed E-state index contributed by atoms with van der Waals surface area (Å²) in [7, 11) is 0. The minimum atomic E-state index is -0.826. The number of fused-ring (bicyclic) bond motifs is 2. The van der Waals surface area contributed by atoms with E-state index in [0.29, 0.717) is 19.0 Å². The van der Waals surface area contributed by atoms with Gasteiger partial charge in [0.25, 0.3) is 0 Å². The Hall–Kier alpha value is -1.35. The van der Waals surface area contributed by atoms with E-state index in [0.717, 1.165) is 0 Å². The molecule has 2 aliphatic rings. The van der Waals surface area contributed by atoms with Crippen molar-refractivity contribution in [3.8, 4) is 0 Å². The van der Waals surface area contributed by atoms with Crippen LogP contribution in [0.1, 0.15) is 5.82 Å². The molecular weight excluding hydrogens is 240 g/mol. The van der Waals surface area contributed by atoms with Crippen LogP contribution in [-0.2, 0) is 27.4 Å². The lowest BCUT2D eigenvalue weighted by Crippen LogP contribution is -2.36. The van der Waals surface area contributed by atoms with Gasteiger partial charge in [-0.25, -0.2) is 4.68 Å². The Labute approximate surface area is 103 Å². The first kappa shape index (κ1) is 11.7. The molecule has 0 amide bonds. The number of aromatic nitrogens is 4. The smallest absolute Gasteiger partial charge is 0.186 e. The number of ether oxygens (including phenoxy) is 3. The molecule has 0 bridgehead atoms. The maximum Gasteiger partial charge on any atom is 0.186 e. The number of tetrazole rings is 1. The van der Waals surface area contributed by atoms with Crippen molar-refractivity contribution in [3.05, 3.63) is 18.5 Å². The topological polar surface area (TPSA) is 91.5 Å². The van der Waals surface area contributed by atoms with Crippen LogP contribution in [0.3, 0.4) is 0 Å². The summed E-state index contributed by atoms with van der Waals surface area (Å²) < 4.78 is 18.2. The molecule has 18 heavy (non-hydrogen) atoms. The lowest BCUT2D eigenvalue weighted by Gasteiger charge is -2.17. The molecule has 3 heterocycles. The highest BCUT2D eigenvalue weighted by molar-refractivity contribution is 4.93. The molecular formula is C10H14N4O4. The van der Waals surface area contributed by atoms with Crippen LogP contribution in [0.2, 0.25) is 0 Å². The van der Waals surface area contributed by atoms with Gasteiger partial charge in [0.15, 0.2) is 12.1 Å². The van der Waals surface area contributed by atoms with Crippen molar-refractivity contribution in [1.82, 2.24) is 20.2 Å².